The average Bonchev–Trinajstić information content (AvgIpc) is 3.28. The number of hydrogen-bond donors (Lipinski definition) is 2. The largest absolute Gasteiger partial charge is 0.388 e. The van der Waals surface area contributed by atoms with Crippen molar-refractivity contribution in [2.75, 3.05) is 18.4 Å². The Hall–Kier alpha value is -2.82. The molecule has 3 aromatic rings. The summed E-state index contributed by atoms with van der Waals surface area (Å²) in [5, 5.41) is 14.7. The zero-order valence-electron chi connectivity index (χ0n) is 22.5. The van der Waals surface area contributed by atoms with Crippen LogP contribution in [-0.2, 0) is 10.0 Å². The average molecular weight is 552 g/mol. The maximum Gasteiger partial charge on any atom is 0.252 e. The van der Waals surface area contributed by atoms with Crippen LogP contribution < -0.4 is 10.9 Å². The van der Waals surface area contributed by atoms with Gasteiger partial charge in [0.15, 0.2) is 0 Å². The molecule has 10 heteroatoms. The Bertz CT molecular complexity index is 1520. The number of sulfonamides is 1. The highest BCUT2D eigenvalue weighted by Crippen LogP contribution is 2.45. The van der Waals surface area contributed by atoms with Crippen LogP contribution in [0.5, 0.6) is 0 Å². The first kappa shape index (κ1) is 26.4. The molecule has 0 radical (unpaired) electrons. The topological polar surface area (TPSA) is 117 Å². The van der Waals surface area contributed by atoms with Crippen molar-refractivity contribution in [1.82, 2.24) is 18.8 Å². The fourth-order valence-corrected chi connectivity index (χ4v) is 8.37. The van der Waals surface area contributed by atoms with Gasteiger partial charge in [-0.2, -0.15) is 9.29 Å². The Labute approximate surface area is 229 Å². The Morgan fingerprint density at radius 3 is 2.33 bits per heavy atom. The van der Waals surface area contributed by atoms with E-state index in [-0.39, 0.29) is 16.5 Å². The fourth-order valence-electron chi connectivity index (χ4n) is 6.93. The lowest BCUT2D eigenvalue weighted by Crippen LogP contribution is -2.43. The van der Waals surface area contributed by atoms with Crippen LogP contribution in [0.25, 0.3) is 11.0 Å². The zero-order valence-corrected chi connectivity index (χ0v) is 23.3. The predicted molar refractivity (Wildman–Crippen MR) is 151 cm³/mol. The highest BCUT2D eigenvalue weighted by molar-refractivity contribution is 7.89. The summed E-state index contributed by atoms with van der Waals surface area (Å²) in [4.78, 5) is 22.1. The number of aromatic nitrogens is 3. The monoisotopic (exact) mass is 551 g/mol. The van der Waals surface area contributed by atoms with Gasteiger partial charge in [0.25, 0.3) is 5.56 Å². The van der Waals surface area contributed by atoms with E-state index >= 15 is 0 Å². The van der Waals surface area contributed by atoms with E-state index in [2.05, 4.69) is 15.3 Å². The molecule has 0 amide bonds. The minimum Gasteiger partial charge on any atom is -0.388 e. The van der Waals surface area contributed by atoms with Gasteiger partial charge in [-0.05, 0) is 87.6 Å². The van der Waals surface area contributed by atoms with Gasteiger partial charge < -0.3 is 10.4 Å². The second-order valence-electron chi connectivity index (χ2n) is 11.9. The third-order valence-corrected chi connectivity index (χ3v) is 11.2. The molecule has 1 spiro atoms. The number of fused-ring (bicyclic) bond motifs is 1. The lowest BCUT2D eigenvalue weighted by Gasteiger charge is -2.43. The van der Waals surface area contributed by atoms with Crippen LogP contribution in [0.3, 0.4) is 0 Å². The predicted octanol–water partition coefficient (Wildman–Crippen LogP) is 4.75. The number of anilines is 2. The molecule has 2 atom stereocenters. The van der Waals surface area contributed by atoms with E-state index in [9.17, 15) is 18.3 Å². The van der Waals surface area contributed by atoms with Gasteiger partial charge in [-0.1, -0.05) is 19.3 Å². The highest BCUT2D eigenvalue weighted by atomic mass is 32.2. The maximum absolute atomic E-state index is 13.4. The van der Waals surface area contributed by atoms with Crippen molar-refractivity contribution >= 4 is 32.7 Å². The van der Waals surface area contributed by atoms with Crippen LogP contribution in [0.4, 0.5) is 11.6 Å². The summed E-state index contributed by atoms with van der Waals surface area (Å²) in [5.41, 5.74) is 0.263. The zero-order chi connectivity index (χ0) is 27.3. The maximum atomic E-state index is 13.4. The molecule has 1 saturated heterocycles. The SMILES string of the molecule is C[C@@]1(O)CCCC1n1c(=O)ccc2cnc(Nc3ccc(S(=O)(=O)N4CCC5(CCCCC5)CC4)cc3)nc21. The lowest BCUT2D eigenvalue weighted by atomic mass is 9.68. The number of piperidine rings is 1. The third-order valence-electron chi connectivity index (χ3n) is 9.30. The van der Waals surface area contributed by atoms with Crippen molar-refractivity contribution in [3.8, 4) is 0 Å². The van der Waals surface area contributed by atoms with Crippen molar-refractivity contribution in [1.29, 1.82) is 0 Å². The number of rotatable bonds is 5. The van der Waals surface area contributed by atoms with Gasteiger partial charge in [-0.25, -0.2) is 13.4 Å². The summed E-state index contributed by atoms with van der Waals surface area (Å²) < 4.78 is 29.9. The van der Waals surface area contributed by atoms with Gasteiger partial charge >= 0.3 is 0 Å². The first-order valence-electron chi connectivity index (χ1n) is 14.2. The van der Waals surface area contributed by atoms with Gasteiger partial charge in [0.05, 0.1) is 16.5 Å². The van der Waals surface area contributed by atoms with Crippen molar-refractivity contribution in [2.24, 2.45) is 5.41 Å². The van der Waals surface area contributed by atoms with E-state index < -0.39 is 15.6 Å². The van der Waals surface area contributed by atoms with Crippen LogP contribution in [-0.4, -0.2) is 51.1 Å². The van der Waals surface area contributed by atoms with E-state index in [1.165, 1.54) is 38.2 Å². The van der Waals surface area contributed by atoms with E-state index in [4.69, 9.17) is 0 Å². The van der Waals surface area contributed by atoms with Crippen LogP contribution in [0.1, 0.15) is 77.2 Å². The second kappa shape index (κ2) is 9.98. The molecule has 6 rings (SSSR count). The smallest absolute Gasteiger partial charge is 0.252 e. The Morgan fingerprint density at radius 1 is 0.949 bits per heavy atom. The molecular weight excluding hydrogens is 514 g/mol. The summed E-state index contributed by atoms with van der Waals surface area (Å²) in [6.07, 6.45) is 12.0. The number of nitrogens with zero attached hydrogens (tertiary/aromatic N) is 4. The van der Waals surface area contributed by atoms with Gasteiger partial charge in [0.2, 0.25) is 16.0 Å². The Balaban J connectivity index is 1.20. The van der Waals surface area contributed by atoms with Crippen molar-refractivity contribution in [2.45, 2.75) is 87.7 Å². The number of nitrogens with one attached hydrogen (secondary N) is 1. The minimum atomic E-state index is -3.55. The van der Waals surface area contributed by atoms with Crippen LogP contribution in [0.2, 0.25) is 0 Å². The first-order chi connectivity index (χ1) is 18.7. The first-order valence-corrected chi connectivity index (χ1v) is 15.6. The van der Waals surface area contributed by atoms with E-state index in [1.807, 2.05) is 0 Å². The number of aliphatic hydroxyl groups is 1. The molecule has 2 aliphatic carbocycles. The van der Waals surface area contributed by atoms with Crippen LogP contribution in [0.15, 0.2) is 52.3 Å². The molecule has 3 heterocycles. The van der Waals surface area contributed by atoms with E-state index in [1.54, 1.807) is 52.3 Å². The molecule has 2 saturated carbocycles. The number of hydrogen-bond acceptors (Lipinski definition) is 7. The summed E-state index contributed by atoms with van der Waals surface area (Å²) in [6.45, 7) is 2.94. The molecule has 3 fully saturated rings. The molecule has 3 aliphatic rings. The molecule has 9 nitrogen and oxygen atoms in total. The standard InChI is InChI=1S/C29H37N5O4S/c1-28(36)13-5-6-24(28)34-25(35)12-7-21-20-30-27(32-26(21)34)31-22-8-10-23(11-9-22)39(37,38)33-18-16-29(17-19-33)14-3-2-4-15-29/h7-12,20,24,36H,2-6,13-19H2,1H3,(H,30,31,32)/t24?,28-/m1/s1. The Kier molecular flexibility index (Phi) is 6.76. The summed E-state index contributed by atoms with van der Waals surface area (Å²) in [5.74, 6) is 0.295. The van der Waals surface area contributed by atoms with Gasteiger partial charge in [-0.15, -0.1) is 0 Å². The van der Waals surface area contributed by atoms with Gasteiger partial charge in [0.1, 0.15) is 5.65 Å². The van der Waals surface area contributed by atoms with Gasteiger partial charge in [-0.3, -0.25) is 9.36 Å². The fraction of sp³-hybridized carbons (Fsp3) is 0.552. The lowest BCUT2D eigenvalue weighted by molar-refractivity contribution is 0.0267. The normalized spacial score (nSPS) is 25.7. The number of pyridine rings is 1. The van der Waals surface area contributed by atoms with Crippen LogP contribution in [0, 0.1) is 5.41 Å². The summed E-state index contributed by atoms with van der Waals surface area (Å²) in [7, 11) is -3.55. The Morgan fingerprint density at radius 2 is 1.67 bits per heavy atom. The second-order valence-corrected chi connectivity index (χ2v) is 13.8. The molecule has 39 heavy (non-hydrogen) atoms. The molecule has 1 unspecified atom stereocenters. The molecule has 1 aliphatic heterocycles. The van der Waals surface area contributed by atoms with Crippen molar-refractivity contribution in [3.63, 3.8) is 0 Å². The molecule has 2 N–H and O–H groups in total. The molecule has 0 bridgehead atoms. The molecule has 208 valence electrons. The molecule has 2 aromatic heterocycles. The number of benzene rings is 1. The van der Waals surface area contributed by atoms with E-state index in [0.29, 0.717) is 54.0 Å². The summed E-state index contributed by atoms with van der Waals surface area (Å²) in [6, 6.07) is 9.50. The van der Waals surface area contributed by atoms with Gasteiger partial charge in [0, 0.05) is 36.4 Å². The molecular formula is C29H37N5O4S. The highest BCUT2D eigenvalue weighted by Gasteiger charge is 2.40. The minimum absolute atomic E-state index is 0.207. The van der Waals surface area contributed by atoms with Crippen LogP contribution >= 0.6 is 0 Å². The third kappa shape index (κ3) is 4.98. The summed E-state index contributed by atoms with van der Waals surface area (Å²) >= 11 is 0. The quantitative estimate of drug-likeness (QED) is 0.470. The molecule has 1 aromatic carbocycles. The van der Waals surface area contributed by atoms with E-state index in [0.717, 1.165) is 19.3 Å². The van der Waals surface area contributed by atoms with Crippen molar-refractivity contribution in [3.05, 3.63) is 52.9 Å². The van der Waals surface area contributed by atoms with Crippen molar-refractivity contribution < 1.29 is 13.5 Å².